The van der Waals surface area contributed by atoms with Crippen molar-refractivity contribution >= 4 is 0 Å². The summed E-state index contributed by atoms with van der Waals surface area (Å²) in [5.41, 5.74) is 0. The maximum atomic E-state index is 9.22. The fraction of sp³-hybridized carbons (Fsp3) is 0.750. The van der Waals surface area contributed by atoms with Crippen LogP contribution < -0.4 is 0 Å². The molecular weight excluding hydrogens is 128 g/mol. The monoisotopic (exact) mass is 144 g/mol. The van der Waals surface area contributed by atoms with Crippen LogP contribution in [0.15, 0.2) is 12.2 Å². The minimum atomic E-state index is -0.275. The summed E-state index contributed by atoms with van der Waals surface area (Å²) in [6.45, 7) is 3.93. The number of rotatable bonds is 4. The molecule has 0 aliphatic carbocycles. The third-order valence-corrected chi connectivity index (χ3v) is 1.57. The van der Waals surface area contributed by atoms with E-state index < -0.39 is 0 Å². The van der Waals surface area contributed by atoms with Crippen LogP contribution in [0.4, 0.5) is 0 Å². The molecule has 0 saturated carbocycles. The molecule has 0 bridgehead atoms. The van der Waals surface area contributed by atoms with Crippen molar-refractivity contribution in [3.05, 3.63) is 12.2 Å². The number of aliphatic hydroxyl groups excluding tert-OH is 2. The first-order valence-corrected chi connectivity index (χ1v) is 3.68. The summed E-state index contributed by atoms with van der Waals surface area (Å²) in [7, 11) is 0. The van der Waals surface area contributed by atoms with Crippen molar-refractivity contribution < 1.29 is 10.2 Å². The van der Waals surface area contributed by atoms with Gasteiger partial charge in [-0.05, 0) is 12.3 Å². The van der Waals surface area contributed by atoms with Gasteiger partial charge in [0.1, 0.15) is 0 Å². The Hall–Kier alpha value is -0.340. The van der Waals surface area contributed by atoms with Crippen LogP contribution in [0.25, 0.3) is 0 Å². The third-order valence-electron chi connectivity index (χ3n) is 1.57. The molecule has 0 aromatic rings. The molecular formula is C8H16O2. The topological polar surface area (TPSA) is 40.5 Å². The lowest BCUT2D eigenvalue weighted by Crippen LogP contribution is -2.13. The maximum absolute atomic E-state index is 9.22. The Kier molecular flexibility index (Phi) is 5.26. The third kappa shape index (κ3) is 3.64. The highest BCUT2D eigenvalue weighted by Crippen LogP contribution is 2.07. The predicted octanol–water partition coefficient (Wildman–Crippen LogP) is 0.942. The highest BCUT2D eigenvalue weighted by molar-refractivity contribution is 4.88. The van der Waals surface area contributed by atoms with E-state index in [1.165, 1.54) is 0 Å². The standard InChI is InChI=1S/C8H16O2/c1-3-8(10)7(2)5-4-6-9/h4-5,7-10H,3,6H2,1-2H3/b5-4+/t7-,8-/m0/s1. The van der Waals surface area contributed by atoms with Gasteiger partial charge in [0, 0.05) is 0 Å². The second-order valence-electron chi connectivity index (χ2n) is 2.45. The Morgan fingerprint density at radius 3 is 2.50 bits per heavy atom. The average Bonchev–Trinajstić information content (AvgIpc) is 1.98. The number of hydrogen-bond acceptors (Lipinski definition) is 2. The quantitative estimate of drug-likeness (QED) is 0.576. The molecule has 0 amide bonds. The minimum absolute atomic E-state index is 0.0563. The van der Waals surface area contributed by atoms with E-state index in [4.69, 9.17) is 5.11 Å². The smallest absolute Gasteiger partial charge is 0.0612 e. The molecule has 0 heterocycles. The van der Waals surface area contributed by atoms with Crippen molar-refractivity contribution in [1.82, 2.24) is 0 Å². The van der Waals surface area contributed by atoms with Crippen molar-refractivity contribution in [2.24, 2.45) is 5.92 Å². The van der Waals surface area contributed by atoms with Crippen LogP contribution in [0, 0.1) is 5.92 Å². The highest BCUT2D eigenvalue weighted by atomic mass is 16.3. The molecule has 10 heavy (non-hydrogen) atoms. The molecule has 0 spiro atoms. The van der Waals surface area contributed by atoms with Crippen molar-refractivity contribution in [2.75, 3.05) is 6.61 Å². The van der Waals surface area contributed by atoms with E-state index in [0.29, 0.717) is 0 Å². The van der Waals surface area contributed by atoms with Crippen molar-refractivity contribution in [2.45, 2.75) is 26.4 Å². The van der Waals surface area contributed by atoms with Gasteiger partial charge in [0.15, 0.2) is 0 Å². The predicted molar refractivity (Wildman–Crippen MR) is 41.7 cm³/mol. The van der Waals surface area contributed by atoms with E-state index in [1.807, 2.05) is 19.9 Å². The Balaban J connectivity index is 3.60. The molecule has 0 unspecified atom stereocenters. The lowest BCUT2D eigenvalue weighted by molar-refractivity contribution is 0.133. The summed E-state index contributed by atoms with van der Waals surface area (Å²) in [6, 6.07) is 0. The SMILES string of the molecule is CC[C@H](O)[C@@H](C)/C=C/CO. The van der Waals surface area contributed by atoms with Gasteiger partial charge in [-0.3, -0.25) is 0 Å². The van der Waals surface area contributed by atoms with Crippen molar-refractivity contribution in [3.63, 3.8) is 0 Å². The van der Waals surface area contributed by atoms with Crippen LogP contribution in [-0.2, 0) is 0 Å². The second-order valence-corrected chi connectivity index (χ2v) is 2.45. The van der Waals surface area contributed by atoms with Crippen molar-refractivity contribution in [3.8, 4) is 0 Å². The van der Waals surface area contributed by atoms with E-state index in [9.17, 15) is 5.11 Å². The summed E-state index contributed by atoms with van der Waals surface area (Å²) in [5.74, 6) is 0.150. The van der Waals surface area contributed by atoms with Crippen LogP contribution in [0.1, 0.15) is 20.3 Å². The van der Waals surface area contributed by atoms with Crippen LogP contribution >= 0.6 is 0 Å². The zero-order chi connectivity index (χ0) is 7.98. The van der Waals surface area contributed by atoms with E-state index >= 15 is 0 Å². The summed E-state index contributed by atoms with van der Waals surface area (Å²) in [6.07, 6.45) is 3.97. The van der Waals surface area contributed by atoms with Gasteiger partial charge in [0.05, 0.1) is 12.7 Å². The lowest BCUT2D eigenvalue weighted by Gasteiger charge is -2.11. The Bertz CT molecular complexity index is 99.4. The molecule has 0 fully saturated rings. The molecule has 0 rings (SSSR count). The maximum Gasteiger partial charge on any atom is 0.0612 e. The molecule has 0 aliphatic heterocycles. The van der Waals surface area contributed by atoms with Gasteiger partial charge in [-0.25, -0.2) is 0 Å². The molecule has 0 saturated heterocycles. The van der Waals surface area contributed by atoms with Crippen LogP contribution in [-0.4, -0.2) is 22.9 Å². The van der Waals surface area contributed by atoms with Gasteiger partial charge in [-0.15, -0.1) is 0 Å². The number of hydrogen-bond donors (Lipinski definition) is 2. The zero-order valence-electron chi connectivity index (χ0n) is 6.62. The van der Waals surface area contributed by atoms with Gasteiger partial charge < -0.3 is 10.2 Å². The minimum Gasteiger partial charge on any atom is -0.393 e. The first-order chi connectivity index (χ1) is 4.72. The van der Waals surface area contributed by atoms with Gasteiger partial charge in [-0.1, -0.05) is 26.0 Å². The molecule has 60 valence electrons. The summed E-state index contributed by atoms with van der Waals surface area (Å²) in [5, 5.41) is 17.6. The van der Waals surface area contributed by atoms with Crippen LogP contribution in [0.2, 0.25) is 0 Å². The molecule has 2 atom stereocenters. The van der Waals surface area contributed by atoms with Crippen LogP contribution in [0.3, 0.4) is 0 Å². The van der Waals surface area contributed by atoms with Crippen LogP contribution in [0.5, 0.6) is 0 Å². The normalized spacial score (nSPS) is 17.6. The van der Waals surface area contributed by atoms with E-state index in [0.717, 1.165) is 6.42 Å². The van der Waals surface area contributed by atoms with Crippen molar-refractivity contribution in [1.29, 1.82) is 0 Å². The lowest BCUT2D eigenvalue weighted by atomic mass is 10.0. The van der Waals surface area contributed by atoms with Gasteiger partial charge >= 0.3 is 0 Å². The van der Waals surface area contributed by atoms with E-state index in [2.05, 4.69) is 0 Å². The average molecular weight is 144 g/mol. The fourth-order valence-electron chi connectivity index (χ4n) is 0.776. The van der Waals surface area contributed by atoms with E-state index in [-0.39, 0.29) is 18.6 Å². The first kappa shape index (κ1) is 9.66. The molecule has 2 heteroatoms. The molecule has 0 radical (unpaired) electrons. The fourth-order valence-corrected chi connectivity index (χ4v) is 0.776. The van der Waals surface area contributed by atoms with Gasteiger partial charge in [0.25, 0.3) is 0 Å². The summed E-state index contributed by atoms with van der Waals surface area (Å²) >= 11 is 0. The Morgan fingerprint density at radius 2 is 2.10 bits per heavy atom. The van der Waals surface area contributed by atoms with Gasteiger partial charge in [-0.2, -0.15) is 0 Å². The van der Waals surface area contributed by atoms with Gasteiger partial charge in [0.2, 0.25) is 0 Å². The number of aliphatic hydroxyl groups is 2. The molecule has 0 aromatic heterocycles. The zero-order valence-corrected chi connectivity index (χ0v) is 6.62. The molecule has 0 aromatic carbocycles. The Labute approximate surface area is 62.2 Å². The van der Waals surface area contributed by atoms with E-state index in [1.54, 1.807) is 6.08 Å². The molecule has 0 aliphatic rings. The molecule has 2 N–H and O–H groups in total. The first-order valence-electron chi connectivity index (χ1n) is 3.68. The largest absolute Gasteiger partial charge is 0.393 e. The summed E-state index contributed by atoms with van der Waals surface area (Å²) in [4.78, 5) is 0. The highest BCUT2D eigenvalue weighted by Gasteiger charge is 2.06. The molecule has 2 nitrogen and oxygen atoms in total. The Morgan fingerprint density at radius 1 is 1.50 bits per heavy atom. The second kappa shape index (κ2) is 5.45. The summed E-state index contributed by atoms with van der Waals surface area (Å²) < 4.78 is 0.